The molecule has 1 aromatic carbocycles. The number of carboxylic acids is 1. The summed E-state index contributed by atoms with van der Waals surface area (Å²) in [5, 5.41) is 9.43. The van der Waals surface area contributed by atoms with Crippen LogP contribution >= 0.6 is 0 Å². The van der Waals surface area contributed by atoms with Crippen LogP contribution in [0.25, 0.3) is 10.9 Å². The first-order valence-electron chi connectivity index (χ1n) is 4.52. The number of nitrogens with two attached hydrogens (primary N) is 1. The normalized spacial score (nSPS) is 10.2. The zero-order valence-corrected chi connectivity index (χ0v) is 8.18. The van der Waals surface area contributed by atoms with E-state index in [0.717, 1.165) is 0 Å². The fourth-order valence-corrected chi connectivity index (χ4v) is 1.48. The van der Waals surface area contributed by atoms with Crippen molar-refractivity contribution in [2.75, 3.05) is 0 Å². The number of carbonyl (C=O) groups excluding carboxylic acids is 1. The number of primary amides is 1. The molecule has 0 aliphatic rings. The van der Waals surface area contributed by atoms with Crippen molar-refractivity contribution >= 4 is 22.8 Å². The number of aromatic carboxylic acids is 1. The summed E-state index contributed by atoms with van der Waals surface area (Å²) >= 11 is 0. The van der Waals surface area contributed by atoms with E-state index in [1.807, 2.05) is 0 Å². The van der Waals surface area contributed by atoms with Crippen LogP contribution in [0.15, 0.2) is 30.3 Å². The van der Waals surface area contributed by atoms with E-state index in [1.54, 1.807) is 12.1 Å². The van der Waals surface area contributed by atoms with Crippen LogP contribution in [-0.4, -0.2) is 22.0 Å². The van der Waals surface area contributed by atoms with Crippen LogP contribution in [0.3, 0.4) is 0 Å². The molecule has 2 rings (SSSR count). The number of nitrogens with zero attached hydrogens (tertiary/aromatic N) is 1. The summed E-state index contributed by atoms with van der Waals surface area (Å²) in [7, 11) is 0. The first-order chi connectivity index (χ1) is 7.59. The molecule has 0 fully saturated rings. The molecule has 0 aliphatic heterocycles. The van der Waals surface area contributed by atoms with Crippen LogP contribution in [0.5, 0.6) is 0 Å². The van der Waals surface area contributed by atoms with E-state index in [1.165, 1.54) is 18.2 Å². The van der Waals surface area contributed by atoms with Gasteiger partial charge in [-0.05, 0) is 24.3 Å². The number of fused-ring (bicyclic) bond motifs is 1. The van der Waals surface area contributed by atoms with Crippen molar-refractivity contribution in [2.45, 2.75) is 0 Å². The quantitative estimate of drug-likeness (QED) is 0.784. The van der Waals surface area contributed by atoms with Crippen molar-refractivity contribution in [1.82, 2.24) is 4.98 Å². The molecule has 5 nitrogen and oxygen atoms in total. The van der Waals surface area contributed by atoms with Crippen LogP contribution in [0.2, 0.25) is 0 Å². The van der Waals surface area contributed by atoms with Crippen LogP contribution in [0.4, 0.5) is 0 Å². The monoisotopic (exact) mass is 216 g/mol. The molecule has 0 spiro atoms. The second-order valence-electron chi connectivity index (χ2n) is 3.24. The zero-order chi connectivity index (χ0) is 11.7. The molecule has 5 heteroatoms. The van der Waals surface area contributed by atoms with E-state index >= 15 is 0 Å². The minimum atomic E-state index is -1.03. The van der Waals surface area contributed by atoms with Crippen molar-refractivity contribution in [3.05, 3.63) is 41.6 Å². The Balaban J connectivity index is 2.73. The topological polar surface area (TPSA) is 93.3 Å². The van der Waals surface area contributed by atoms with E-state index in [4.69, 9.17) is 10.8 Å². The molecule has 0 bridgehead atoms. The minimum absolute atomic E-state index is 0.120. The van der Waals surface area contributed by atoms with Crippen molar-refractivity contribution in [1.29, 1.82) is 0 Å². The summed E-state index contributed by atoms with van der Waals surface area (Å²) in [5.74, 6) is -1.66. The Hall–Kier alpha value is -2.43. The van der Waals surface area contributed by atoms with Gasteiger partial charge in [-0.15, -0.1) is 0 Å². The lowest BCUT2D eigenvalue weighted by molar-refractivity contribution is 0.0699. The number of carboxylic acid groups (broad SMARTS) is 1. The van der Waals surface area contributed by atoms with E-state index < -0.39 is 11.9 Å². The molecule has 2 aromatic rings. The molecule has 1 heterocycles. The van der Waals surface area contributed by atoms with Crippen molar-refractivity contribution < 1.29 is 14.7 Å². The highest BCUT2D eigenvalue weighted by molar-refractivity contribution is 6.03. The zero-order valence-electron chi connectivity index (χ0n) is 8.18. The Labute approximate surface area is 90.5 Å². The molecule has 1 aromatic heterocycles. The van der Waals surface area contributed by atoms with Gasteiger partial charge in [0.25, 0.3) is 5.91 Å². The molecule has 3 N–H and O–H groups in total. The Morgan fingerprint density at radius 1 is 1.19 bits per heavy atom. The minimum Gasteiger partial charge on any atom is -0.478 e. The Morgan fingerprint density at radius 2 is 1.94 bits per heavy atom. The predicted octanol–water partition coefficient (Wildman–Crippen LogP) is 1.03. The third kappa shape index (κ3) is 1.58. The molecule has 0 atom stereocenters. The Bertz CT molecular complexity index is 593. The predicted molar refractivity (Wildman–Crippen MR) is 57.2 cm³/mol. The number of aromatic nitrogens is 1. The van der Waals surface area contributed by atoms with Crippen molar-refractivity contribution in [3.63, 3.8) is 0 Å². The second kappa shape index (κ2) is 3.62. The number of pyridine rings is 1. The molecular weight excluding hydrogens is 208 g/mol. The second-order valence-corrected chi connectivity index (χ2v) is 3.24. The average Bonchev–Trinajstić information content (AvgIpc) is 2.27. The molecule has 80 valence electrons. The van der Waals surface area contributed by atoms with Gasteiger partial charge in [-0.25, -0.2) is 9.78 Å². The van der Waals surface area contributed by atoms with Gasteiger partial charge in [0.05, 0.1) is 11.1 Å². The standard InChI is InChI=1S/C11H8N2O3/c12-10(14)9-5-4-6-7(11(15)16)2-1-3-8(6)13-9/h1-5H,(H2,12,14)(H,15,16). The fraction of sp³-hybridized carbons (Fsp3) is 0. The van der Waals surface area contributed by atoms with E-state index in [-0.39, 0.29) is 11.3 Å². The van der Waals surface area contributed by atoms with Crippen LogP contribution < -0.4 is 5.73 Å². The molecular formula is C11H8N2O3. The lowest BCUT2D eigenvalue weighted by atomic mass is 10.1. The number of hydrogen-bond donors (Lipinski definition) is 2. The van der Waals surface area contributed by atoms with E-state index in [2.05, 4.69) is 4.98 Å². The summed E-state index contributed by atoms with van der Waals surface area (Å²) < 4.78 is 0. The Kier molecular flexibility index (Phi) is 2.28. The third-order valence-corrected chi connectivity index (χ3v) is 2.21. The Morgan fingerprint density at radius 3 is 2.56 bits per heavy atom. The van der Waals surface area contributed by atoms with Crippen molar-refractivity contribution in [3.8, 4) is 0 Å². The molecule has 0 aliphatic carbocycles. The van der Waals surface area contributed by atoms with Crippen LogP contribution in [-0.2, 0) is 0 Å². The number of benzene rings is 1. The van der Waals surface area contributed by atoms with Gasteiger partial charge in [-0.2, -0.15) is 0 Å². The van der Waals surface area contributed by atoms with Gasteiger partial charge >= 0.3 is 5.97 Å². The summed E-state index contributed by atoms with van der Waals surface area (Å²) in [6, 6.07) is 7.64. The summed E-state index contributed by atoms with van der Waals surface area (Å²) in [5.41, 5.74) is 5.80. The van der Waals surface area contributed by atoms with Gasteiger partial charge in [-0.3, -0.25) is 4.79 Å². The summed E-state index contributed by atoms with van der Waals surface area (Å²) in [6.07, 6.45) is 0. The van der Waals surface area contributed by atoms with Gasteiger partial charge in [0.2, 0.25) is 0 Å². The van der Waals surface area contributed by atoms with E-state index in [0.29, 0.717) is 10.9 Å². The van der Waals surface area contributed by atoms with Gasteiger partial charge in [0, 0.05) is 5.39 Å². The highest BCUT2D eigenvalue weighted by atomic mass is 16.4. The molecule has 1 amide bonds. The lowest BCUT2D eigenvalue weighted by Gasteiger charge is -2.02. The van der Waals surface area contributed by atoms with Gasteiger partial charge < -0.3 is 10.8 Å². The molecule has 0 unspecified atom stereocenters. The summed E-state index contributed by atoms with van der Waals surface area (Å²) in [4.78, 5) is 25.8. The number of amides is 1. The smallest absolute Gasteiger partial charge is 0.336 e. The van der Waals surface area contributed by atoms with Gasteiger partial charge in [0.15, 0.2) is 0 Å². The largest absolute Gasteiger partial charge is 0.478 e. The van der Waals surface area contributed by atoms with E-state index in [9.17, 15) is 9.59 Å². The fourth-order valence-electron chi connectivity index (χ4n) is 1.48. The molecule has 0 saturated carbocycles. The maximum atomic E-state index is 10.9. The first kappa shape index (κ1) is 10.1. The lowest BCUT2D eigenvalue weighted by Crippen LogP contribution is -2.13. The van der Waals surface area contributed by atoms with Gasteiger partial charge in [0.1, 0.15) is 5.69 Å². The third-order valence-electron chi connectivity index (χ3n) is 2.21. The summed E-state index contributed by atoms with van der Waals surface area (Å²) in [6.45, 7) is 0. The number of hydrogen-bond acceptors (Lipinski definition) is 3. The highest BCUT2D eigenvalue weighted by Crippen LogP contribution is 2.17. The SMILES string of the molecule is NC(=O)c1ccc2c(C(=O)O)cccc2n1. The molecule has 0 saturated heterocycles. The molecule has 0 radical (unpaired) electrons. The maximum Gasteiger partial charge on any atom is 0.336 e. The highest BCUT2D eigenvalue weighted by Gasteiger charge is 2.10. The van der Waals surface area contributed by atoms with Crippen molar-refractivity contribution in [2.24, 2.45) is 5.73 Å². The van der Waals surface area contributed by atoms with Crippen LogP contribution in [0, 0.1) is 0 Å². The first-order valence-corrected chi connectivity index (χ1v) is 4.52. The number of carbonyl (C=O) groups is 2. The number of rotatable bonds is 2. The average molecular weight is 216 g/mol. The van der Waals surface area contributed by atoms with Gasteiger partial charge in [-0.1, -0.05) is 6.07 Å². The maximum absolute atomic E-state index is 10.9. The molecule has 16 heavy (non-hydrogen) atoms. The van der Waals surface area contributed by atoms with Crippen LogP contribution in [0.1, 0.15) is 20.8 Å².